The third kappa shape index (κ3) is 3.28. The Morgan fingerprint density at radius 2 is 1.93 bits per heavy atom. The smallest absolute Gasteiger partial charge is 0.230 e. The zero-order valence-electron chi connectivity index (χ0n) is 14.2. The summed E-state index contributed by atoms with van der Waals surface area (Å²) in [5.74, 6) is -1.52. The summed E-state index contributed by atoms with van der Waals surface area (Å²) in [6.07, 6.45) is 5.17. The van der Waals surface area contributed by atoms with Crippen LogP contribution in [0.5, 0.6) is 0 Å². The molecule has 0 spiro atoms. The molecule has 0 radical (unpaired) electrons. The van der Waals surface area contributed by atoms with Crippen LogP contribution in [0.2, 0.25) is 0 Å². The van der Waals surface area contributed by atoms with E-state index < -0.39 is 21.5 Å². The first kappa shape index (κ1) is 17.5. The highest BCUT2D eigenvalue weighted by Crippen LogP contribution is 2.32. The Bertz CT molecular complexity index is 1230. The second kappa shape index (κ2) is 6.38. The molecule has 1 aromatic heterocycles. The monoisotopic (exact) mass is 388 g/mol. The Balaban J connectivity index is 1.81. The number of dihydropyridines is 1. The molecule has 1 aliphatic rings. The highest BCUT2D eigenvalue weighted by Gasteiger charge is 2.19. The van der Waals surface area contributed by atoms with Crippen molar-refractivity contribution in [2.75, 3.05) is 12.8 Å². The lowest BCUT2D eigenvalue weighted by atomic mass is 10.0. The minimum absolute atomic E-state index is 0.0384. The highest BCUT2D eigenvalue weighted by molar-refractivity contribution is 7.90. The third-order valence-electron chi connectivity index (χ3n) is 4.31. The summed E-state index contributed by atoms with van der Waals surface area (Å²) >= 11 is 0. The van der Waals surface area contributed by atoms with E-state index in [4.69, 9.17) is 4.42 Å². The van der Waals surface area contributed by atoms with Gasteiger partial charge in [0.05, 0.1) is 10.5 Å². The van der Waals surface area contributed by atoms with Crippen LogP contribution in [0, 0.1) is 11.6 Å². The number of aliphatic imine (C=N–C) groups is 1. The summed E-state index contributed by atoms with van der Waals surface area (Å²) in [7, 11) is -3.54. The van der Waals surface area contributed by atoms with Gasteiger partial charge >= 0.3 is 0 Å². The molecule has 2 aromatic carbocycles. The number of sulfone groups is 1. The summed E-state index contributed by atoms with van der Waals surface area (Å²) < 4.78 is 57.4. The predicted molar refractivity (Wildman–Crippen MR) is 98.4 cm³/mol. The highest BCUT2D eigenvalue weighted by atomic mass is 32.2. The van der Waals surface area contributed by atoms with Crippen molar-refractivity contribution in [2.24, 2.45) is 4.99 Å². The van der Waals surface area contributed by atoms with Crippen molar-refractivity contribution in [2.45, 2.75) is 11.3 Å². The van der Waals surface area contributed by atoms with Crippen LogP contribution in [0.15, 0.2) is 50.7 Å². The Morgan fingerprint density at radius 1 is 1.11 bits per heavy atom. The number of rotatable bonds is 3. The quantitative estimate of drug-likeness (QED) is 0.679. The first-order valence-corrected chi connectivity index (χ1v) is 10.0. The van der Waals surface area contributed by atoms with E-state index in [9.17, 15) is 17.2 Å². The second-order valence-electron chi connectivity index (χ2n) is 6.24. The molecule has 3 aromatic rings. The van der Waals surface area contributed by atoms with Crippen molar-refractivity contribution >= 4 is 32.7 Å². The van der Waals surface area contributed by atoms with Gasteiger partial charge in [0.15, 0.2) is 21.2 Å². The summed E-state index contributed by atoms with van der Waals surface area (Å²) in [6.45, 7) is 0.632. The van der Waals surface area contributed by atoms with E-state index in [1.54, 1.807) is 12.3 Å². The number of benzene rings is 2. The van der Waals surface area contributed by atoms with Gasteiger partial charge in [0.1, 0.15) is 11.3 Å². The van der Waals surface area contributed by atoms with Crippen LogP contribution in [0.4, 0.5) is 8.78 Å². The molecule has 0 unspecified atom stereocenters. The number of oxazole rings is 1. The van der Waals surface area contributed by atoms with Crippen molar-refractivity contribution in [3.05, 3.63) is 53.6 Å². The molecule has 0 N–H and O–H groups in total. The minimum atomic E-state index is -3.54. The Morgan fingerprint density at radius 3 is 2.59 bits per heavy atom. The molecule has 0 saturated heterocycles. The number of allylic oxidation sites excluding steroid dienone is 1. The van der Waals surface area contributed by atoms with Crippen LogP contribution >= 0.6 is 0 Å². The zero-order valence-corrected chi connectivity index (χ0v) is 15.1. The van der Waals surface area contributed by atoms with E-state index in [1.165, 1.54) is 18.2 Å². The van der Waals surface area contributed by atoms with Gasteiger partial charge in [0, 0.05) is 19.0 Å². The van der Waals surface area contributed by atoms with Gasteiger partial charge in [-0.3, -0.25) is 4.99 Å². The molecule has 8 heteroatoms. The third-order valence-corrected chi connectivity index (χ3v) is 5.42. The molecular formula is C19H14F2N2O3S. The maximum absolute atomic E-state index is 14.5. The molecule has 2 heterocycles. The number of nitrogens with zero attached hydrogens (tertiary/aromatic N) is 2. The van der Waals surface area contributed by atoms with Gasteiger partial charge in [-0.05, 0) is 54.0 Å². The zero-order chi connectivity index (χ0) is 19.2. The van der Waals surface area contributed by atoms with Gasteiger partial charge in [0.2, 0.25) is 5.89 Å². The SMILES string of the molecule is CS(=O)(=O)c1ccc(-c2nc3cc(C4=CC=NCC4)cc(F)c3o2)c(F)c1. The minimum Gasteiger partial charge on any atom is -0.433 e. The number of aromatic nitrogens is 1. The fraction of sp³-hybridized carbons (Fsp3) is 0.158. The van der Waals surface area contributed by atoms with Crippen molar-refractivity contribution < 1.29 is 21.6 Å². The van der Waals surface area contributed by atoms with Crippen LogP contribution in [0.25, 0.3) is 28.1 Å². The Hall–Kier alpha value is -2.87. The summed E-state index contributed by atoms with van der Waals surface area (Å²) in [5.41, 5.74) is 1.74. The van der Waals surface area contributed by atoms with E-state index in [-0.39, 0.29) is 27.4 Å². The standard InChI is InChI=1S/C19H14F2N2O3S/c1-27(24,25)13-2-3-14(15(20)10-13)19-23-17-9-12(8-16(21)18(17)26-19)11-4-6-22-7-5-11/h2-4,6,8-10H,5,7H2,1H3. The molecule has 0 aliphatic carbocycles. The number of hydrogen-bond acceptors (Lipinski definition) is 5. The van der Waals surface area contributed by atoms with Crippen LogP contribution < -0.4 is 0 Å². The Labute approximate surface area is 154 Å². The molecular weight excluding hydrogens is 374 g/mol. The molecule has 0 bridgehead atoms. The summed E-state index contributed by atoms with van der Waals surface area (Å²) in [4.78, 5) is 8.14. The molecule has 27 heavy (non-hydrogen) atoms. The van der Waals surface area contributed by atoms with E-state index in [0.29, 0.717) is 18.5 Å². The van der Waals surface area contributed by atoms with Gasteiger partial charge in [0.25, 0.3) is 0 Å². The van der Waals surface area contributed by atoms with Gasteiger partial charge in [-0.15, -0.1) is 0 Å². The fourth-order valence-corrected chi connectivity index (χ4v) is 3.55. The molecule has 5 nitrogen and oxygen atoms in total. The van der Waals surface area contributed by atoms with Crippen LogP contribution in [0.1, 0.15) is 12.0 Å². The van der Waals surface area contributed by atoms with Gasteiger partial charge < -0.3 is 4.42 Å². The number of hydrogen-bond donors (Lipinski definition) is 0. The van der Waals surface area contributed by atoms with E-state index >= 15 is 0 Å². The van der Waals surface area contributed by atoms with Crippen molar-refractivity contribution in [3.8, 4) is 11.5 Å². The molecule has 4 rings (SSSR count). The van der Waals surface area contributed by atoms with E-state index in [2.05, 4.69) is 9.98 Å². The van der Waals surface area contributed by atoms with Crippen molar-refractivity contribution in [1.29, 1.82) is 0 Å². The van der Waals surface area contributed by atoms with Crippen LogP contribution in [-0.4, -0.2) is 32.4 Å². The van der Waals surface area contributed by atoms with Gasteiger partial charge in [-0.25, -0.2) is 22.2 Å². The predicted octanol–water partition coefficient (Wildman–Crippen LogP) is 4.03. The molecule has 0 saturated carbocycles. The molecule has 0 fully saturated rings. The first-order chi connectivity index (χ1) is 12.8. The fourth-order valence-electron chi connectivity index (χ4n) is 2.92. The number of fused-ring (bicyclic) bond motifs is 1. The first-order valence-electron chi connectivity index (χ1n) is 8.12. The average Bonchev–Trinajstić information content (AvgIpc) is 3.06. The van der Waals surface area contributed by atoms with E-state index in [0.717, 1.165) is 17.9 Å². The topological polar surface area (TPSA) is 72.5 Å². The maximum Gasteiger partial charge on any atom is 0.230 e. The lowest BCUT2D eigenvalue weighted by molar-refractivity contribution is 0.556. The normalized spacial score (nSPS) is 14.6. The largest absolute Gasteiger partial charge is 0.433 e. The maximum atomic E-state index is 14.5. The Kier molecular flexibility index (Phi) is 4.15. The van der Waals surface area contributed by atoms with Crippen LogP contribution in [-0.2, 0) is 9.84 Å². The van der Waals surface area contributed by atoms with Crippen molar-refractivity contribution in [3.63, 3.8) is 0 Å². The second-order valence-corrected chi connectivity index (χ2v) is 8.25. The van der Waals surface area contributed by atoms with Gasteiger partial charge in [-0.1, -0.05) is 0 Å². The molecule has 138 valence electrons. The lowest BCUT2D eigenvalue weighted by Gasteiger charge is -2.08. The number of halogens is 2. The lowest BCUT2D eigenvalue weighted by Crippen LogP contribution is -1.98. The average molecular weight is 388 g/mol. The summed E-state index contributed by atoms with van der Waals surface area (Å²) in [6, 6.07) is 6.45. The van der Waals surface area contributed by atoms with Crippen molar-refractivity contribution in [1.82, 2.24) is 4.98 Å². The van der Waals surface area contributed by atoms with Crippen LogP contribution in [0.3, 0.4) is 0 Å². The summed E-state index contributed by atoms with van der Waals surface area (Å²) in [5, 5.41) is 0. The van der Waals surface area contributed by atoms with E-state index in [1.807, 2.05) is 6.08 Å². The molecule has 0 atom stereocenters. The molecule has 1 aliphatic heterocycles. The molecule has 0 amide bonds. The van der Waals surface area contributed by atoms with Gasteiger partial charge in [-0.2, -0.15) is 0 Å².